The normalized spacial score (nSPS) is 10.0. The lowest BCUT2D eigenvalue weighted by Crippen LogP contribution is -2.42. The summed E-state index contributed by atoms with van der Waals surface area (Å²) in [4.78, 5) is 23.4. The molecule has 0 saturated carbocycles. The molecule has 0 aliphatic heterocycles. The number of carbonyl (C=O) groups excluding carboxylic acids is 2. The molecule has 138 valence electrons. The Morgan fingerprint density at radius 1 is 0.885 bits per heavy atom. The topological polar surface area (TPSA) is 96.9 Å². The van der Waals surface area contributed by atoms with Gasteiger partial charge in [-0.3, -0.25) is 9.59 Å². The number of ether oxygens (including phenoxy) is 2. The van der Waals surface area contributed by atoms with Crippen molar-refractivity contribution in [2.75, 3.05) is 26.8 Å². The standard InChI is InChI=1S/C19H22N2O5/c1-25-16-6-8-17(9-7-16)26-13-12-21-19(24)18(23)20-11-10-14-2-4-15(22)5-3-14/h2-9,22H,10-13H2,1H3,(H,20,23)(H,21,24). The van der Waals surface area contributed by atoms with Gasteiger partial charge in [-0.1, -0.05) is 12.1 Å². The van der Waals surface area contributed by atoms with E-state index in [2.05, 4.69) is 10.6 Å². The summed E-state index contributed by atoms with van der Waals surface area (Å²) in [5.41, 5.74) is 0.955. The molecule has 0 fully saturated rings. The van der Waals surface area contributed by atoms with Gasteiger partial charge >= 0.3 is 11.8 Å². The summed E-state index contributed by atoms with van der Waals surface area (Å²) in [7, 11) is 1.58. The van der Waals surface area contributed by atoms with Gasteiger partial charge in [0, 0.05) is 6.54 Å². The molecule has 7 heteroatoms. The number of aromatic hydroxyl groups is 1. The first-order chi connectivity index (χ1) is 12.6. The number of phenolic OH excluding ortho intramolecular Hbond substituents is 1. The zero-order valence-electron chi connectivity index (χ0n) is 14.5. The van der Waals surface area contributed by atoms with Gasteiger partial charge in [-0.25, -0.2) is 0 Å². The van der Waals surface area contributed by atoms with Crippen molar-refractivity contribution < 1.29 is 24.2 Å². The second-order valence-electron chi connectivity index (χ2n) is 5.45. The third-order valence-corrected chi connectivity index (χ3v) is 3.56. The number of hydrogen-bond donors (Lipinski definition) is 3. The van der Waals surface area contributed by atoms with E-state index in [9.17, 15) is 14.7 Å². The van der Waals surface area contributed by atoms with Gasteiger partial charge in [0.1, 0.15) is 23.9 Å². The maximum Gasteiger partial charge on any atom is 0.309 e. The average Bonchev–Trinajstić information content (AvgIpc) is 2.67. The monoisotopic (exact) mass is 358 g/mol. The minimum Gasteiger partial charge on any atom is -0.508 e. The van der Waals surface area contributed by atoms with E-state index in [0.717, 1.165) is 11.3 Å². The predicted molar refractivity (Wildman–Crippen MR) is 96.3 cm³/mol. The molecule has 0 aliphatic rings. The van der Waals surface area contributed by atoms with Crippen molar-refractivity contribution in [2.45, 2.75) is 6.42 Å². The van der Waals surface area contributed by atoms with Crippen LogP contribution in [0.3, 0.4) is 0 Å². The Bertz CT molecular complexity index is 714. The van der Waals surface area contributed by atoms with Crippen LogP contribution in [0.15, 0.2) is 48.5 Å². The molecule has 26 heavy (non-hydrogen) atoms. The molecule has 0 bridgehead atoms. The minimum atomic E-state index is -0.700. The zero-order chi connectivity index (χ0) is 18.8. The summed E-state index contributed by atoms with van der Waals surface area (Å²) >= 11 is 0. The molecule has 3 N–H and O–H groups in total. The molecular formula is C19H22N2O5. The highest BCUT2D eigenvalue weighted by Crippen LogP contribution is 2.16. The Morgan fingerprint density at radius 2 is 1.46 bits per heavy atom. The Kier molecular flexibility index (Phi) is 7.30. The number of carbonyl (C=O) groups is 2. The molecule has 0 radical (unpaired) electrons. The van der Waals surface area contributed by atoms with E-state index in [0.29, 0.717) is 18.7 Å². The van der Waals surface area contributed by atoms with Crippen molar-refractivity contribution in [3.05, 3.63) is 54.1 Å². The zero-order valence-corrected chi connectivity index (χ0v) is 14.5. The lowest BCUT2D eigenvalue weighted by atomic mass is 10.1. The first-order valence-corrected chi connectivity index (χ1v) is 8.19. The molecule has 7 nitrogen and oxygen atoms in total. The fourth-order valence-electron chi connectivity index (χ4n) is 2.15. The lowest BCUT2D eigenvalue weighted by Gasteiger charge is -2.09. The number of amides is 2. The van der Waals surface area contributed by atoms with Crippen molar-refractivity contribution in [3.8, 4) is 17.2 Å². The molecule has 2 rings (SSSR count). The van der Waals surface area contributed by atoms with Gasteiger partial charge in [0.2, 0.25) is 0 Å². The molecule has 2 aromatic rings. The van der Waals surface area contributed by atoms with Crippen LogP contribution in [0.25, 0.3) is 0 Å². The van der Waals surface area contributed by atoms with Crippen LogP contribution in [0.1, 0.15) is 5.56 Å². The summed E-state index contributed by atoms with van der Waals surface area (Å²) in [6.07, 6.45) is 0.569. The SMILES string of the molecule is COc1ccc(OCCNC(=O)C(=O)NCCc2ccc(O)cc2)cc1. The van der Waals surface area contributed by atoms with E-state index in [1.165, 1.54) is 0 Å². The molecule has 0 unspecified atom stereocenters. The van der Waals surface area contributed by atoms with Crippen LogP contribution in [0.5, 0.6) is 17.2 Å². The maximum absolute atomic E-state index is 11.7. The highest BCUT2D eigenvalue weighted by molar-refractivity contribution is 6.35. The molecule has 2 amide bonds. The van der Waals surface area contributed by atoms with Crippen molar-refractivity contribution in [2.24, 2.45) is 0 Å². The fraction of sp³-hybridized carbons (Fsp3) is 0.263. The van der Waals surface area contributed by atoms with Gasteiger partial charge in [-0.2, -0.15) is 0 Å². The lowest BCUT2D eigenvalue weighted by molar-refractivity contribution is -0.139. The quantitative estimate of drug-likeness (QED) is 0.488. The highest BCUT2D eigenvalue weighted by Gasteiger charge is 2.11. The molecular weight excluding hydrogens is 336 g/mol. The molecule has 0 heterocycles. The Balaban J connectivity index is 1.60. The largest absolute Gasteiger partial charge is 0.508 e. The molecule has 0 atom stereocenters. The first-order valence-electron chi connectivity index (χ1n) is 8.19. The van der Waals surface area contributed by atoms with Crippen molar-refractivity contribution in [3.63, 3.8) is 0 Å². The van der Waals surface area contributed by atoms with E-state index >= 15 is 0 Å². The van der Waals surface area contributed by atoms with Gasteiger partial charge in [0.05, 0.1) is 13.7 Å². The van der Waals surface area contributed by atoms with E-state index in [-0.39, 0.29) is 18.9 Å². The summed E-state index contributed by atoms with van der Waals surface area (Å²) in [5.74, 6) is 0.185. The molecule has 0 spiro atoms. The van der Waals surface area contributed by atoms with Crippen LogP contribution in [-0.4, -0.2) is 43.7 Å². The van der Waals surface area contributed by atoms with Gasteiger partial charge < -0.3 is 25.2 Å². The smallest absolute Gasteiger partial charge is 0.309 e. The summed E-state index contributed by atoms with van der Waals surface area (Å²) in [6.45, 7) is 0.800. The molecule has 0 aliphatic carbocycles. The fourth-order valence-corrected chi connectivity index (χ4v) is 2.15. The number of rotatable bonds is 8. The Hall–Kier alpha value is -3.22. The number of nitrogens with one attached hydrogen (secondary N) is 2. The number of methoxy groups -OCH3 is 1. The minimum absolute atomic E-state index is 0.189. The Morgan fingerprint density at radius 3 is 2.08 bits per heavy atom. The van der Waals surface area contributed by atoms with Crippen LogP contribution < -0.4 is 20.1 Å². The van der Waals surface area contributed by atoms with Crippen LogP contribution >= 0.6 is 0 Å². The van der Waals surface area contributed by atoms with E-state index in [4.69, 9.17) is 9.47 Å². The van der Waals surface area contributed by atoms with Crippen LogP contribution in [-0.2, 0) is 16.0 Å². The van der Waals surface area contributed by atoms with Gasteiger partial charge in [-0.05, 0) is 48.4 Å². The Labute approximate surface area is 151 Å². The van der Waals surface area contributed by atoms with Crippen LogP contribution in [0.2, 0.25) is 0 Å². The third-order valence-electron chi connectivity index (χ3n) is 3.56. The molecule has 2 aromatic carbocycles. The summed E-state index contributed by atoms with van der Waals surface area (Å²) < 4.78 is 10.5. The van der Waals surface area contributed by atoms with Crippen molar-refractivity contribution in [1.82, 2.24) is 10.6 Å². The number of benzene rings is 2. The highest BCUT2D eigenvalue weighted by atomic mass is 16.5. The summed E-state index contributed by atoms with van der Waals surface area (Å²) in [5, 5.41) is 14.2. The second kappa shape index (κ2) is 9.93. The van der Waals surface area contributed by atoms with Gasteiger partial charge in [0.25, 0.3) is 0 Å². The number of hydrogen-bond acceptors (Lipinski definition) is 5. The van der Waals surface area contributed by atoms with Crippen LogP contribution in [0.4, 0.5) is 0 Å². The van der Waals surface area contributed by atoms with E-state index in [1.807, 2.05) is 0 Å². The van der Waals surface area contributed by atoms with E-state index in [1.54, 1.807) is 55.6 Å². The third kappa shape index (κ3) is 6.35. The maximum atomic E-state index is 11.7. The summed E-state index contributed by atoms with van der Waals surface area (Å²) in [6, 6.07) is 13.7. The molecule has 0 saturated heterocycles. The van der Waals surface area contributed by atoms with Crippen molar-refractivity contribution in [1.29, 1.82) is 0 Å². The molecule has 0 aromatic heterocycles. The average molecular weight is 358 g/mol. The predicted octanol–water partition coefficient (Wildman–Crippen LogP) is 1.25. The van der Waals surface area contributed by atoms with Gasteiger partial charge in [-0.15, -0.1) is 0 Å². The number of phenols is 1. The van der Waals surface area contributed by atoms with Crippen LogP contribution in [0, 0.1) is 0 Å². The van der Waals surface area contributed by atoms with Crippen molar-refractivity contribution >= 4 is 11.8 Å². The second-order valence-corrected chi connectivity index (χ2v) is 5.45. The first kappa shape index (κ1) is 19.1. The van der Waals surface area contributed by atoms with Gasteiger partial charge in [0.15, 0.2) is 0 Å². The van der Waals surface area contributed by atoms with E-state index < -0.39 is 11.8 Å².